The summed E-state index contributed by atoms with van der Waals surface area (Å²) >= 11 is 0. The molecule has 2 nitrogen and oxygen atoms in total. The summed E-state index contributed by atoms with van der Waals surface area (Å²) in [6.45, 7) is 0.296. The Balaban J connectivity index is 2.05. The van der Waals surface area contributed by atoms with Crippen LogP contribution >= 0.6 is 0 Å². The third-order valence-corrected chi connectivity index (χ3v) is 2.65. The number of alkyl halides is 2. The molecule has 100 valence electrons. The second-order valence-electron chi connectivity index (χ2n) is 4.07. The van der Waals surface area contributed by atoms with Crippen molar-refractivity contribution in [2.75, 3.05) is 5.32 Å². The van der Waals surface area contributed by atoms with E-state index < -0.39 is 18.0 Å². The number of hydrogen-bond donors (Lipinski definition) is 2. The van der Waals surface area contributed by atoms with E-state index in [-0.39, 0.29) is 5.56 Å². The summed E-state index contributed by atoms with van der Waals surface area (Å²) in [6, 6.07) is 9.89. The van der Waals surface area contributed by atoms with Crippen LogP contribution < -0.4 is 5.32 Å². The van der Waals surface area contributed by atoms with Gasteiger partial charge in [-0.3, -0.25) is 0 Å². The fraction of sp³-hybridized carbons (Fsp3) is 0.143. The molecule has 2 N–H and O–H groups in total. The van der Waals surface area contributed by atoms with Gasteiger partial charge in [0.25, 0.3) is 6.43 Å². The van der Waals surface area contributed by atoms with Crippen molar-refractivity contribution in [2.24, 2.45) is 0 Å². The highest BCUT2D eigenvalue weighted by Gasteiger charge is 2.07. The molecule has 0 bridgehead atoms. The zero-order valence-electron chi connectivity index (χ0n) is 9.91. The minimum atomic E-state index is -2.51. The molecule has 2 aromatic carbocycles. The number of rotatable bonds is 4. The lowest BCUT2D eigenvalue weighted by molar-refractivity contribution is 0.151. The summed E-state index contributed by atoms with van der Waals surface area (Å²) in [5, 5.41) is 11.9. The fourth-order valence-corrected chi connectivity index (χ4v) is 1.66. The third-order valence-electron chi connectivity index (χ3n) is 2.65. The second-order valence-corrected chi connectivity index (χ2v) is 4.07. The first kappa shape index (κ1) is 13.3. The molecule has 0 fully saturated rings. The van der Waals surface area contributed by atoms with E-state index in [1.807, 2.05) is 0 Å². The number of aromatic hydroxyl groups is 1. The molecule has 0 saturated carbocycles. The molecule has 2 rings (SSSR count). The molecule has 0 unspecified atom stereocenters. The van der Waals surface area contributed by atoms with Crippen LogP contribution in [-0.2, 0) is 6.54 Å². The lowest BCUT2D eigenvalue weighted by Crippen LogP contribution is -2.00. The zero-order valence-corrected chi connectivity index (χ0v) is 9.91. The summed E-state index contributed by atoms with van der Waals surface area (Å²) in [6.07, 6.45) is -2.51. The van der Waals surface area contributed by atoms with Gasteiger partial charge in [-0.2, -0.15) is 0 Å². The van der Waals surface area contributed by atoms with Gasteiger partial charge in [0, 0.05) is 23.9 Å². The first-order valence-corrected chi connectivity index (χ1v) is 5.65. The van der Waals surface area contributed by atoms with Gasteiger partial charge < -0.3 is 10.4 Å². The van der Waals surface area contributed by atoms with Crippen molar-refractivity contribution in [1.29, 1.82) is 0 Å². The van der Waals surface area contributed by atoms with Gasteiger partial charge >= 0.3 is 0 Å². The van der Waals surface area contributed by atoms with Gasteiger partial charge in [-0.1, -0.05) is 18.2 Å². The fourth-order valence-electron chi connectivity index (χ4n) is 1.66. The normalized spacial score (nSPS) is 10.7. The third kappa shape index (κ3) is 3.40. The summed E-state index contributed by atoms with van der Waals surface area (Å²) in [7, 11) is 0. The van der Waals surface area contributed by atoms with Crippen molar-refractivity contribution >= 4 is 5.69 Å². The van der Waals surface area contributed by atoms with E-state index in [2.05, 4.69) is 5.32 Å². The molecule has 0 amide bonds. The molecule has 19 heavy (non-hydrogen) atoms. The molecular formula is C14H12F3NO. The van der Waals surface area contributed by atoms with Crippen LogP contribution in [-0.4, -0.2) is 5.11 Å². The van der Waals surface area contributed by atoms with E-state index in [1.165, 1.54) is 24.3 Å². The van der Waals surface area contributed by atoms with Crippen LogP contribution in [0.15, 0.2) is 42.5 Å². The first-order chi connectivity index (χ1) is 9.06. The highest BCUT2D eigenvalue weighted by molar-refractivity contribution is 5.47. The quantitative estimate of drug-likeness (QED) is 0.818. The minimum absolute atomic E-state index is 0.0452. The molecule has 5 heteroatoms. The molecule has 0 radical (unpaired) electrons. The summed E-state index contributed by atoms with van der Waals surface area (Å²) in [5.41, 5.74) is 1.10. The van der Waals surface area contributed by atoms with Crippen molar-refractivity contribution in [1.82, 2.24) is 0 Å². The number of anilines is 1. The largest absolute Gasteiger partial charge is 0.505 e. The monoisotopic (exact) mass is 267 g/mol. The molecule has 0 spiro atoms. The maximum absolute atomic E-state index is 13.1. The van der Waals surface area contributed by atoms with Gasteiger partial charge in [-0.15, -0.1) is 0 Å². The Morgan fingerprint density at radius 1 is 1.11 bits per heavy atom. The van der Waals surface area contributed by atoms with Gasteiger partial charge in [0.05, 0.1) is 0 Å². The number of phenolic OH excluding ortho intramolecular Hbond substituents is 1. The highest BCUT2D eigenvalue weighted by Crippen LogP contribution is 2.22. The van der Waals surface area contributed by atoms with Gasteiger partial charge in [0.2, 0.25) is 0 Å². The van der Waals surface area contributed by atoms with Crippen LogP contribution in [0, 0.1) is 5.82 Å². The number of halogens is 3. The van der Waals surface area contributed by atoms with E-state index in [0.29, 0.717) is 17.8 Å². The number of phenols is 1. The van der Waals surface area contributed by atoms with Gasteiger partial charge in [-0.25, -0.2) is 13.2 Å². The van der Waals surface area contributed by atoms with Gasteiger partial charge in [0.15, 0.2) is 11.6 Å². The van der Waals surface area contributed by atoms with E-state index in [1.54, 1.807) is 12.1 Å². The van der Waals surface area contributed by atoms with Crippen LogP contribution in [0.4, 0.5) is 18.9 Å². The minimum Gasteiger partial charge on any atom is -0.505 e. The molecule has 2 aromatic rings. The maximum atomic E-state index is 13.1. The van der Waals surface area contributed by atoms with E-state index in [0.717, 1.165) is 6.07 Å². The standard InChI is InChI=1S/C14H12F3NO/c15-12-7-11(4-5-13(12)19)18-8-9-2-1-3-10(6-9)14(16)17/h1-7,14,18-19H,8H2. The molecule has 0 aliphatic heterocycles. The average molecular weight is 267 g/mol. The Morgan fingerprint density at radius 3 is 2.58 bits per heavy atom. The van der Waals surface area contributed by atoms with E-state index in [9.17, 15) is 13.2 Å². The molecule has 0 aliphatic rings. The zero-order chi connectivity index (χ0) is 13.8. The van der Waals surface area contributed by atoms with E-state index >= 15 is 0 Å². The van der Waals surface area contributed by atoms with Crippen LogP contribution in [0.25, 0.3) is 0 Å². The van der Waals surface area contributed by atoms with Crippen molar-refractivity contribution in [3.8, 4) is 5.75 Å². The predicted octanol–water partition coefficient (Wildman–Crippen LogP) is 4.08. The summed E-state index contributed by atoms with van der Waals surface area (Å²) in [4.78, 5) is 0. The lowest BCUT2D eigenvalue weighted by Gasteiger charge is -2.08. The summed E-state index contributed by atoms with van der Waals surface area (Å²) in [5.74, 6) is -1.16. The van der Waals surface area contributed by atoms with Gasteiger partial charge in [-0.05, 0) is 23.8 Å². The molecule has 0 saturated heterocycles. The molecule has 0 aromatic heterocycles. The van der Waals surface area contributed by atoms with Crippen LogP contribution in [0.1, 0.15) is 17.6 Å². The average Bonchev–Trinajstić information content (AvgIpc) is 2.40. The molecular weight excluding hydrogens is 255 g/mol. The van der Waals surface area contributed by atoms with Crippen LogP contribution in [0.5, 0.6) is 5.75 Å². The van der Waals surface area contributed by atoms with Gasteiger partial charge in [0.1, 0.15) is 0 Å². The number of nitrogens with one attached hydrogen (secondary N) is 1. The van der Waals surface area contributed by atoms with E-state index in [4.69, 9.17) is 5.11 Å². The van der Waals surface area contributed by atoms with Crippen molar-refractivity contribution in [2.45, 2.75) is 13.0 Å². The van der Waals surface area contributed by atoms with Crippen LogP contribution in [0.3, 0.4) is 0 Å². The maximum Gasteiger partial charge on any atom is 0.263 e. The van der Waals surface area contributed by atoms with Crippen molar-refractivity contribution in [3.63, 3.8) is 0 Å². The number of benzene rings is 2. The topological polar surface area (TPSA) is 32.3 Å². The molecule has 0 atom stereocenters. The Bertz CT molecular complexity index is 572. The van der Waals surface area contributed by atoms with Crippen LogP contribution in [0.2, 0.25) is 0 Å². The predicted molar refractivity (Wildman–Crippen MR) is 66.8 cm³/mol. The Kier molecular flexibility index (Phi) is 3.94. The summed E-state index contributed by atoms with van der Waals surface area (Å²) < 4.78 is 38.1. The Morgan fingerprint density at radius 2 is 1.89 bits per heavy atom. The lowest BCUT2D eigenvalue weighted by atomic mass is 10.1. The van der Waals surface area contributed by atoms with Crippen molar-refractivity contribution < 1.29 is 18.3 Å². The molecule has 0 aliphatic carbocycles. The Labute approximate surface area is 108 Å². The Hall–Kier alpha value is -2.17. The SMILES string of the molecule is Oc1ccc(NCc2cccc(C(F)F)c2)cc1F. The second kappa shape index (κ2) is 5.65. The molecule has 0 heterocycles. The first-order valence-electron chi connectivity index (χ1n) is 5.65. The number of hydrogen-bond acceptors (Lipinski definition) is 2. The highest BCUT2D eigenvalue weighted by atomic mass is 19.3. The smallest absolute Gasteiger partial charge is 0.263 e. The van der Waals surface area contributed by atoms with Crippen molar-refractivity contribution in [3.05, 3.63) is 59.4 Å².